The zero-order valence-corrected chi connectivity index (χ0v) is 11.0. The summed E-state index contributed by atoms with van der Waals surface area (Å²) in [6, 6.07) is 0. The third-order valence-corrected chi connectivity index (χ3v) is 3.79. The van der Waals surface area contributed by atoms with Crippen LogP contribution >= 0.6 is 15.9 Å². The van der Waals surface area contributed by atoms with Gasteiger partial charge < -0.3 is 0 Å². The topological polar surface area (TPSA) is 30.7 Å². The smallest absolute Gasteiger partial charge is 0.0960 e. The van der Waals surface area contributed by atoms with Crippen LogP contribution in [0.25, 0.3) is 0 Å². The number of aromatic nitrogens is 3. The van der Waals surface area contributed by atoms with E-state index in [0.29, 0.717) is 10.2 Å². The maximum atomic E-state index is 4.18. The van der Waals surface area contributed by atoms with Gasteiger partial charge in [-0.1, -0.05) is 40.9 Å². The van der Waals surface area contributed by atoms with Crippen LogP contribution in [0.2, 0.25) is 0 Å². The number of rotatable bonds is 3. The van der Waals surface area contributed by atoms with Crippen molar-refractivity contribution in [3.8, 4) is 0 Å². The Hall–Kier alpha value is -0.380. The van der Waals surface area contributed by atoms with Gasteiger partial charge in [0.05, 0.1) is 10.5 Å². The van der Waals surface area contributed by atoms with Gasteiger partial charge in [-0.05, 0) is 25.2 Å². The van der Waals surface area contributed by atoms with Crippen molar-refractivity contribution in [2.45, 2.75) is 50.9 Å². The molecule has 1 aromatic heterocycles. The molecule has 0 aliphatic heterocycles. The van der Waals surface area contributed by atoms with E-state index in [1.54, 1.807) is 0 Å². The Kier molecular flexibility index (Phi) is 3.14. The highest BCUT2D eigenvalue weighted by Gasteiger charge is 2.29. The van der Waals surface area contributed by atoms with Crippen LogP contribution < -0.4 is 0 Å². The van der Waals surface area contributed by atoms with Gasteiger partial charge in [0.1, 0.15) is 0 Å². The molecule has 1 heterocycles. The minimum atomic E-state index is 0.294. The van der Waals surface area contributed by atoms with E-state index in [2.05, 4.69) is 46.3 Å². The SMILES string of the molecule is CC(Br)c1cn(CC2(C)CCCC2)nn1. The fourth-order valence-corrected chi connectivity index (χ4v) is 2.56. The van der Waals surface area contributed by atoms with Crippen LogP contribution in [0.15, 0.2) is 6.20 Å². The molecule has 0 saturated heterocycles. The second-order valence-corrected chi connectivity index (χ2v) is 6.35. The van der Waals surface area contributed by atoms with Gasteiger partial charge >= 0.3 is 0 Å². The summed E-state index contributed by atoms with van der Waals surface area (Å²) in [7, 11) is 0. The fourth-order valence-electron chi connectivity index (χ4n) is 2.35. The van der Waals surface area contributed by atoms with E-state index in [-0.39, 0.29) is 0 Å². The van der Waals surface area contributed by atoms with Crippen LogP contribution in [0.5, 0.6) is 0 Å². The molecular formula is C11H18BrN3. The van der Waals surface area contributed by atoms with Gasteiger partial charge in [0.2, 0.25) is 0 Å². The summed E-state index contributed by atoms with van der Waals surface area (Å²) in [5, 5.41) is 8.34. The molecular weight excluding hydrogens is 254 g/mol. The minimum absolute atomic E-state index is 0.294. The first-order valence-corrected chi connectivity index (χ1v) is 6.55. The second kappa shape index (κ2) is 4.24. The first-order valence-electron chi connectivity index (χ1n) is 5.63. The zero-order chi connectivity index (χ0) is 10.9. The molecule has 1 saturated carbocycles. The van der Waals surface area contributed by atoms with Crippen LogP contribution in [0.4, 0.5) is 0 Å². The number of hydrogen-bond acceptors (Lipinski definition) is 2. The van der Waals surface area contributed by atoms with Gasteiger partial charge in [0.15, 0.2) is 0 Å². The van der Waals surface area contributed by atoms with Crippen molar-refractivity contribution >= 4 is 15.9 Å². The van der Waals surface area contributed by atoms with Crippen molar-refractivity contribution < 1.29 is 0 Å². The van der Waals surface area contributed by atoms with Crippen LogP contribution in [-0.2, 0) is 6.54 Å². The Morgan fingerprint density at radius 1 is 1.53 bits per heavy atom. The molecule has 0 radical (unpaired) electrons. The molecule has 0 amide bonds. The Bertz CT molecular complexity index is 326. The molecule has 2 rings (SSSR count). The third-order valence-electron chi connectivity index (χ3n) is 3.32. The molecule has 1 fully saturated rings. The molecule has 84 valence electrons. The Morgan fingerprint density at radius 2 is 2.20 bits per heavy atom. The van der Waals surface area contributed by atoms with Crippen molar-refractivity contribution in [3.05, 3.63) is 11.9 Å². The zero-order valence-electron chi connectivity index (χ0n) is 9.41. The van der Waals surface area contributed by atoms with Crippen molar-refractivity contribution in [1.82, 2.24) is 15.0 Å². The lowest BCUT2D eigenvalue weighted by atomic mass is 9.89. The van der Waals surface area contributed by atoms with Gasteiger partial charge in [-0.15, -0.1) is 5.10 Å². The number of alkyl halides is 1. The van der Waals surface area contributed by atoms with E-state index in [0.717, 1.165) is 12.2 Å². The molecule has 1 aromatic rings. The predicted octanol–water partition coefficient (Wildman–Crippen LogP) is 3.31. The average Bonchev–Trinajstić information content (AvgIpc) is 2.75. The molecule has 1 atom stereocenters. The number of hydrogen-bond donors (Lipinski definition) is 0. The molecule has 0 aromatic carbocycles. The first kappa shape index (κ1) is 11.1. The van der Waals surface area contributed by atoms with E-state index < -0.39 is 0 Å². The van der Waals surface area contributed by atoms with Gasteiger partial charge in [-0.3, -0.25) is 4.68 Å². The highest BCUT2D eigenvalue weighted by molar-refractivity contribution is 9.09. The fraction of sp³-hybridized carbons (Fsp3) is 0.818. The Balaban J connectivity index is 2.04. The normalized spacial score (nSPS) is 21.8. The van der Waals surface area contributed by atoms with E-state index in [1.807, 2.05) is 4.68 Å². The average molecular weight is 272 g/mol. The number of nitrogens with zero attached hydrogens (tertiary/aromatic N) is 3. The van der Waals surface area contributed by atoms with E-state index >= 15 is 0 Å². The summed E-state index contributed by atoms with van der Waals surface area (Å²) in [4.78, 5) is 0.294. The van der Waals surface area contributed by atoms with E-state index in [4.69, 9.17) is 0 Å². The quantitative estimate of drug-likeness (QED) is 0.790. The van der Waals surface area contributed by atoms with Crippen LogP contribution in [0.1, 0.15) is 50.1 Å². The van der Waals surface area contributed by atoms with E-state index in [1.165, 1.54) is 25.7 Å². The molecule has 1 unspecified atom stereocenters. The van der Waals surface area contributed by atoms with Crippen molar-refractivity contribution in [1.29, 1.82) is 0 Å². The Morgan fingerprint density at radius 3 is 2.73 bits per heavy atom. The first-order chi connectivity index (χ1) is 7.09. The molecule has 4 heteroatoms. The summed E-state index contributed by atoms with van der Waals surface area (Å²) in [5.74, 6) is 0. The maximum Gasteiger partial charge on any atom is 0.0960 e. The summed E-state index contributed by atoms with van der Waals surface area (Å²) in [5.41, 5.74) is 1.47. The molecule has 1 aliphatic rings. The molecule has 15 heavy (non-hydrogen) atoms. The molecule has 0 N–H and O–H groups in total. The lowest BCUT2D eigenvalue weighted by molar-refractivity contribution is 0.265. The molecule has 0 bridgehead atoms. The van der Waals surface area contributed by atoms with Gasteiger partial charge in [-0.2, -0.15) is 0 Å². The van der Waals surface area contributed by atoms with Crippen molar-refractivity contribution in [2.75, 3.05) is 0 Å². The van der Waals surface area contributed by atoms with E-state index in [9.17, 15) is 0 Å². The van der Waals surface area contributed by atoms with Gasteiger partial charge in [-0.25, -0.2) is 0 Å². The van der Waals surface area contributed by atoms with Crippen molar-refractivity contribution in [3.63, 3.8) is 0 Å². The minimum Gasteiger partial charge on any atom is -0.252 e. The largest absolute Gasteiger partial charge is 0.252 e. The van der Waals surface area contributed by atoms with Crippen LogP contribution in [-0.4, -0.2) is 15.0 Å². The summed E-state index contributed by atoms with van der Waals surface area (Å²) in [6.45, 7) is 5.45. The molecule has 0 spiro atoms. The monoisotopic (exact) mass is 271 g/mol. The van der Waals surface area contributed by atoms with Crippen molar-refractivity contribution in [2.24, 2.45) is 5.41 Å². The summed E-state index contributed by atoms with van der Waals surface area (Å²) in [6.07, 6.45) is 7.45. The lowest BCUT2D eigenvalue weighted by Gasteiger charge is -2.22. The maximum absolute atomic E-state index is 4.18. The molecule has 1 aliphatic carbocycles. The second-order valence-electron chi connectivity index (χ2n) is 4.97. The summed E-state index contributed by atoms with van der Waals surface area (Å²) >= 11 is 3.51. The number of halogens is 1. The highest BCUT2D eigenvalue weighted by Crippen LogP contribution is 2.38. The predicted molar refractivity (Wildman–Crippen MR) is 63.9 cm³/mol. The third kappa shape index (κ3) is 2.60. The molecule has 3 nitrogen and oxygen atoms in total. The van der Waals surface area contributed by atoms with Gasteiger partial charge in [0.25, 0.3) is 0 Å². The van der Waals surface area contributed by atoms with Gasteiger partial charge in [0, 0.05) is 12.7 Å². The van der Waals surface area contributed by atoms with Crippen LogP contribution in [0, 0.1) is 5.41 Å². The lowest BCUT2D eigenvalue weighted by Crippen LogP contribution is -2.19. The highest BCUT2D eigenvalue weighted by atomic mass is 79.9. The Labute approximate surface area is 99.4 Å². The van der Waals surface area contributed by atoms with Crippen LogP contribution in [0.3, 0.4) is 0 Å². The standard InChI is InChI=1S/C11H18BrN3/c1-9(12)10-7-15(14-13-10)8-11(2)5-3-4-6-11/h7,9H,3-6,8H2,1-2H3. The summed E-state index contributed by atoms with van der Waals surface area (Å²) < 4.78 is 2.00.